The second-order valence-electron chi connectivity index (χ2n) is 4.80. The number of aliphatic hydroxyl groups excluding tert-OH is 1. The Morgan fingerprint density at radius 3 is 2.55 bits per heavy atom. The van der Waals surface area contributed by atoms with Crippen LogP contribution in [-0.2, 0) is 17.9 Å². The summed E-state index contributed by atoms with van der Waals surface area (Å²) >= 11 is 1.38. The second-order valence-corrected chi connectivity index (χ2v) is 5.90. The minimum Gasteiger partial charge on any atom is -0.396 e. The quantitative estimate of drug-likeness (QED) is 0.757. The van der Waals surface area contributed by atoms with Crippen molar-refractivity contribution in [1.29, 1.82) is 0 Å². The minimum atomic E-state index is -0.113. The Morgan fingerprint density at radius 2 is 1.91 bits per heavy atom. The Morgan fingerprint density at radius 1 is 1.23 bits per heavy atom. The molecule has 0 radical (unpaired) electrons. The fourth-order valence-electron chi connectivity index (χ4n) is 2.44. The summed E-state index contributed by atoms with van der Waals surface area (Å²) in [6, 6.07) is 5.51. The van der Waals surface area contributed by atoms with E-state index in [2.05, 4.69) is 5.32 Å². The van der Waals surface area contributed by atoms with Gasteiger partial charge in [-0.15, -0.1) is 11.8 Å². The number of carbonyl (C=O) groups excluding carboxylic acids is 1. The van der Waals surface area contributed by atoms with Gasteiger partial charge in [-0.3, -0.25) is 13.9 Å². The Hall–Kier alpha value is -1.73. The first-order valence-electron chi connectivity index (χ1n) is 7.33. The number of nitrogens with one attached hydrogen (secondary N) is 1. The van der Waals surface area contributed by atoms with Crippen LogP contribution in [-0.4, -0.2) is 38.3 Å². The van der Waals surface area contributed by atoms with Crippen LogP contribution in [0.2, 0.25) is 0 Å². The van der Waals surface area contributed by atoms with Gasteiger partial charge in [0.25, 0.3) is 0 Å². The zero-order valence-corrected chi connectivity index (χ0v) is 13.7. The van der Waals surface area contributed by atoms with Crippen LogP contribution in [0, 0.1) is 0 Å². The Balaban J connectivity index is 2.27. The SMILES string of the molecule is CCn1c(=O)n(CC)c2cc(NC(=O)CSCCO)ccc21. The summed E-state index contributed by atoms with van der Waals surface area (Å²) < 4.78 is 3.43. The van der Waals surface area contributed by atoms with Crippen LogP contribution >= 0.6 is 11.8 Å². The predicted octanol–water partition coefficient (Wildman–Crippen LogP) is 1.51. The molecule has 2 aromatic rings. The smallest absolute Gasteiger partial charge is 0.329 e. The normalized spacial score (nSPS) is 11.0. The summed E-state index contributed by atoms with van der Waals surface area (Å²) in [5, 5.41) is 11.5. The zero-order chi connectivity index (χ0) is 16.1. The van der Waals surface area contributed by atoms with Gasteiger partial charge in [0.05, 0.1) is 23.4 Å². The Labute approximate surface area is 133 Å². The minimum absolute atomic E-state index is 0.0259. The van der Waals surface area contributed by atoms with Gasteiger partial charge in [-0.05, 0) is 32.0 Å². The molecule has 0 atom stereocenters. The number of thioether (sulfide) groups is 1. The van der Waals surface area contributed by atoms with E-state index in [1.807, 2.05) is 32.0 Å². The fourth-order valence-corrected chi connectivity index (χ4v) is 2.97. The molecule has 0 spiro atoms. The number of benzene rings is 1. The molecule has 0 aliphatic rings. The van der Waals surface area contributed by atoms with E-state index >= 15 is 0 Å². The Kier molecular flexibility index (Phi) is 5.68. The summed E-state index contributed by atoms with van der Waals surface area (Å²) in [4.78, 5) is 24.1. The molecule has 2 rings (SSSR count). The van der Waals surface area contributed by atoms with Gasteiger partial charge in [0.15, 0.2) is 0 Å². The lowest BCUT2D eigenvalue weighted by Gasteiger charge is -2.06. The van der Waals surface area contributed by atoms with Crippen molar-refractivity contribution in [2.75, 3.05) is 23.4 Å². The predicted molar refractivity (Wildman–Crippen MR) is 90.6 cm³/mol. The van der Waals surface area contributed by atoms with Crippen molar-refractivity contribution in [3.8, 4) is 0 Å². The molecule has 6 nitrogen and oxygen atoms in total. The van der Waals surface area contributed by atoms with Gasteiger partial charge in [-0.1, -0.05) is 0 Å². The molecule has 1 heterocycles. The summed E-state index contributed by atoms with van der Waals surface area (Å²) in [7, 11) is 0. The van der Waals surface area contributed by atoms with Gasteiger partial charge < -0.3 is 10.4 Å². The molecule has 0 unspecified atom stereocenters. The molecule has 120 valence electrons. The van der Waals surface area contributed by atoms with Gasteiger partial charge in [0, 0.05) is 24.5 Å². The standard InChI is InChI=1S/C15H21N3O3S/c1-3-17-12-6-5-11(16-14(20)10-22-8-7-19)9-13(12)18(4-2)15(17)21/h5-6,9,19H,3-4,7-8,10H2,1-2H3,(H,16,20). The van der Waals surface area contributed by atoms with Crippen molar-refractivity contribution in [3.63, 3.8) is 0 Å². The van der Waals surface area contributed by atoms with Crippen LogP contribution in [0.5, 0.6) is 0 Å². The van der Waals surface area contributed by atoms with Crippen LogP contribution in [0.4, 0.5) is 5.69 Å². The van der Waals surface area contributed by atoms with Crippen LogP contribution in [0.1, 0.15) is 13.8 Å². The van der Waals surface area contributed by atoms with E-state index < -0.39 is 0 Å². The average molecular weight is 323 g/mol. The van der Waals surface area contributed by atoms with Crippen LogP contribution in [0.15, 0.2) is 23.0 Å². The third kappa shape index (κ3) is 3.36. The van der Waals surface area contributed by atoms with Crippen molar-refractivity contribution in [3.05, 3.63) is 28.7 Å². The number of hydrogen-bond donors (Lipinski definition) is 2. The van der Waals surface area contributed by atoms with Crippen molar-refractivity contribution < 1.29 is 9.90 Å². The van der Waals surface area contributed by atoms with Crippen molar-refractivity contribution >= 4 is 34.4 Å². The number of aliphatic hydroxyl groups is 1. The third-order valence-corrected chi connectivity index (χ3v) is 4.34. The topological polar surface area (TPSA) is 76.3 Å². The zero-order valence-electron chi connectivity index (χ0n) is 12.8. The van der Waals surface area contributed by atoms with Gasteiger partial charge >= 0.3 is 5.69 Å². The molecule has 0 saturated heterocycles. The van der Waals surface area contributed by atoms with E-state index in [9.17, 15) is 9.59 Å². The first-order valence-corrected chi connectivity index (χ1v) is 8.49. The molecule has 0 aliphatic carbocycles. The average Bonchev–Trinajstić information content (AvgIpc) is 2.77. The first kappa shape index (κ1) is 16.6. The first-order chi connectivity index (χ1) is 10.6. The monoisotopic (exact) mass is 323 g/mol. The van der Waals surface area contributed by atoms with Crippen molar-refractivity contribution in [2.45, 2.75) is 26.9 Å². The van der Waals surface area contributed by atoms with Crippen molar-refractivity contribution in [2.24, 2.45) is 0 Å². The summed E-state index contributed by atoms with van der Waals surface area (Å²) in [6.07, 6.45) is 0. The summed E-state index contributed by atoms with van der Waals surface area (Å²) in [5.74, 6) is 0.731. The fraction of sp³-hybridized carbons (Fsp3) is 0.467. The number of carbonyl (C=O) groups is 1. The Bertz CT molecular complexity index is 721. The molecule has 0 aliphatic heterocycles. The highest BCUT2D eigenvalue weighted by Crippen LogP contribution is 2.19. The number of imidazole rings is 1. The number of hydrogen-bond acceptors (Lipinski definition) is 4. The molecule has 0 bridgehead atoms. The molecule has 0 saturated carbocycles. The van der Waals surface area contributed by atoms with E-state index in [0.29, 0.717) is 30.3 Å². The summed E-state index contributed by atoms with van der Waals surface area (Å²) in [5.41, 5.74) is 2.36. The van der Waals surface area contributed by atoms with E-state index in [4.69, 9.17) is 5.11 Å². The molecule has 1 aromatic carbocycles. The number of aryl methyl sites for hydroxylation is 2. The van der Waals surface area contributed by atoms with Gasteiger partial charge in [-0.2, -0.15) is 0 Å². The molecule has 1 aromatic heterocycles. The highest BCUT2D eigenvalue weighted by Gasteiger charge is 2.12. The van der Waals surface area contributed by atoms with Gasteiger partial charge in [0.1, 0.15) is 0 Å². The molecule has 22 heavy (non-hydrogen) atoms. The van der Waals surface area contributed by atoms with Crippen LogP contribution in [0.3, 0.4) is 0 Å². The number of fused-ring (bicyclic) bond motifs is 1. The number of amides is 1. The molecule has 2 N–H and O–H groups in total. The maximum Gasteiger partial charge on any atom is 0.329 e. The van der Waals surface area contributed by atoms with Crippen LogP contribution in [0.25, 0.3) is 11.0 Å². The third-order valence-electron chi connectivity index (χ3n) is 3.40. The molecular formula is C15H21N3O3S. The lowest BCUT2D eigenvalue weighted by Crippen LogP contribution is -2.23. The molecular weight excluding hydrogens is 302 g/mol. The largest absolute Gasteiger partial charge is 0.396 e. The second kappa shape index (κ2) is 7.51. The number of anilines is 1. The van der Waals surface area contributed by atoms with E-state index in [1.54, 1.807) is 9.13 Å². The highest BCUT2D eigenvalue weighted by molar-refractivity contribution is 7.99. The lowest BCUT2D eigenvalue weighted by molar-refractivity contribution is -0.113. The molecule has 0 fully saturated rings. The number of rotatable bonds is 7. The van der Waals surface area contributed by atoms with Gasteiger partial charge in [-0.25, -0.2) is 4.79 Å². The number of nitrogens with zero attached hydrogens (tertiary/aromatic N) is 2. The maximum absolute atomic E-state index is 12.3. The lowest BCUT2D eigenvalue weighted by atomic mass is 10.2. The van der Waals surface area contributed by atoms with E-state index in [0.717, 1.165) is 11.0 Å². The molecule has 1 amide bonds. The van der Waals surface area contributed by atoms with E-state index in [-0.39, 0.29) is 18.2 Å². The molecule has 7 heteroatoms. The summed E-state index contributed by atoms with van der Waals surface area (Å²) in [6.45, 7) is 5.14. The number of aromatic nitrogens is 2. The van der Waals surface area contributed by atoms with Crippen LogP contribution < -0.4 is 11.0 Å². The highest BCUT2D eigenvalue weighted by atomic mass is 32.2. The maximum atomic E-state index is 12.3. The van der Waals surface area contributed by atoms with Gasteiger partial charge in [0.2, 0.25) is 5.91 Å². The van der Waals surface area contributed by atoms with Crippen molar-refractivity contribution in [1.82, 2.24) is 9.13 Å². The van der Waals surface area contributed by atoms with E-state index in [1.165, 1.54) is 11.8 Å².